The van der Waals surface area contributed by atoms with E-state index in [9.17, 15) is 5.11 Å². The summed E-state index contributed by atoms with van der Waals surface area (Å²) in [6.45, 7) is 9.93. The monoisotopic (exact) mass is 423 g/mol. The third-order valence-electron chi connectivity index (χ3n) is 5.66. The van der Waals surface area contributed by atoms with Crippen molar-refractivity contribution in [2.75, 3.05) is 24.7 Å². The summed E-state index contributed by atoms with van der Waals surface area (Å²) < 4.78 is 6.67. The summed E-state index contributed by atoms with van der Waals surface area (Å²) >= 11 is 1.58. The summed E-state index contributed by atoms with van der Waals surface area (Å²) in [6, 6.07) is 2.23. The van der Waals surface area contributed by atoms with E-state index >= 15 is 0 Å². The predicted octanol–water partition coefficient (Wildman–Crippen LogP) is 4.00. The molecule has 4 aromatic rings. The van der Waals surface area contributed by atoms with Crippen LogP contribution >= 0.6 is 11.3 Å². The summed E-state index contributed by atoms with van der Waals surface area (Å²) in [5.41, 5.74) is 2.81. The van der Waals surface area contributed by atoms with Crippen molar-refractivity contribution < 1.29 is 9.84 Å². The van der Waals surface area contributed by atoms with Crippen LogP contribution in [0.5, 0.6) is 0 Å². The molecule has 2 N–H and O–H groups in total. The normalized spacial score (nSPS) is 17.9. The van der Waals surface area contributed by atoms with Crippen molar-refractivity contribution in [1.82, 2.24) is 19.9 Å². The van der Waals surface area contributed by atoms with Crippen molar-refractivity contribution in [3.63, 3.8) is 0 Å². The molecule has 0 unspecified atom stereocenters. The molecule has 0 saturated carbocycles. The zero-order chi connectivity index (χ0) is 21.0. The van der Waals surface area contributed by atoms with Crippen molar-refractivity contribution >= 4 is 38.3 Å². The minimum atomic E-state index is -0.939. The predicted molar refractivity (Wildman–Crippen MR) is 120 cm³/mol. The number of hydrogen-bond acceptors (Lipinski definition) is 7. The van der Waals surface area contributed by atoms with Gasteiger partial charge in [-0.3, -0.25) is 4.98 Å². The average molecular weight is 424 g/mol. The van der Waals surface area contributed by atoms with Gasteiger partial charge in [0.2, 0.25) is 0 Å². The largest absolute Gasteiger partial charge is 0.385 e. The third-order valence-corrected chi connectivity index (χ3v) is 7.25. The van der Waals surface area contributed by atoms with Gasteiger partial charge in [-0.2, -0.15) is 0 Å². The van der Waals surface area contributed by atoms with Gasteiger partial charge in [-0.1, -0.05) is 0 Å². The van der Waals surface area contributed by atoms with Crippen molar-refractivity contribution in [3.05, 3.63) is 35.1 Å². The number of pyridine rings is 1. The van der Waals surface area contributed by atoms with E-state index in [1.807, 2.05) is 45.4 Å². The van der Waals surface area contributed by atoms with Gasteiger partial charge in [-0.05, 0) is 39.3 Å². The molecular weight excluding hydrogens is 398 g/mol. The number of nitrogens with zero attached hydrogens (tertiary/aromatic N) is 4. The van der Waals surface area contributed by atoms with Crippen LogP contribution in [0, 0.1) is 6.92 Å². The molecule has 30 heavy (non-hydrogen) atoms. The topological polar surface area (TPSA) is 87.2 Å². The molecule has 0 amide bonds. The highest BCUT2D eigenvalue weighted by atomic mass is 32.1. The average Bonchev–Trinajstić information content (AvgIpc) is 3.32. The maximum atomic E-state index is 10.7. The Hall–Kier alpha value is -2.55. The first-order valence-corrected chi connectivity index (χ1v) is 11.0. The molecule has 1 saturated heterocycles. The zero-order valence-electron chi connectivity index (χ0n) is 17.6. The number of fused-ring (bicyclic) bond motifs is 2. The Morgan fingerprint density at radius 2 is 2.13 bits per heavy atom. The molecule has 5 heterocycles. The summed E-state index contributed by atoms with van der Waals surface area (Å²) in [5, 5.41) is 11.8. The summed E-state index contributed by atoms with van der Waals surface area (Å²) in [4.78, 5) is 20.8. The van der Waals surface area contributed by atoms with E-state index in [2.05, 4.69) is 21.8 Å². The van der Waals surface area contributed by atoms with E-state index in [-0.39, 0.29) is 6.04 Å². The second kappa shape index (κ2) is 7.01. The molecule has 0 radical (unpaired) electrons. The number of ether oxygens (including phenoxy) is 1. The van der Waals surface area contributed by atoms with E-state index in [4.69, 9.17) is 14.7 Å². The lowest BCUT2D eigenvalue weighted by atomic mass is 10.0. The van der Waals surface area contributed by atoms with Crippen molar-refractivity contribution in [3.8, 4) is 11.4 Å². The van der Waals surface area contributed by atoms with Gasteiger partial charge in [0.1, 0.15) is 0 Å². The Kier molecular flexibility index (Phi) is 4.53. The molecule has 0 aromatic carbocycles. The lowest BCUT2D eigenvalue weighted by molar-refractivity contribution is 0.0820. The van der Waals surface area contributed by atoms with Crippen LogP contribution in [0.1, 0.15) is 31.2 Å². The van der Waals surface area contributed by atoms with Crippen LogP contribution < -0.4 is 4.90 Å². The van der Waals surface area contributed by atoms with Gasteiger partial charge < -0.3 is 19.7 Å². The van der Waals surface area contributed by atoms with Gasteiger partial charge >= 0.3 is 0 Å². The van der Waals surface area contributed by atoms with Crippen LogP contribution in [0.4, 0.5) is 5.82 Å². The van der Waals surface area contributed by atoms with Gasteiger partial charge in [0, 0.05) is 34.8 Å². The van der Waals surface area contributed by atoms with Crippen LogP contribution in [0.2, 0.25) is 0 Å². The maximum Gasteiger partial charge on any atom is 0.164 e. The molecule has 0 spiro atoms. The lowest BCUT2D eigenvalue weighted by Crippen LogP contribution is -2.44. The number of morpholine rings is 1. The van der Waals surface area contributed by atoms with E-state index in [0.717, 1.165) is 49.5 Å². The second-order valence-corrected chi connectivity index (χ2v) is 9.43. The Morgan fingerprint density at radius 1 is 1.30 bits per heavy atom. The molecule has 5 rings (SSSR count). The SMILES string of the molecule is Cc1c(C(C)(C)O)sc2c(N3CCOC[C@H]3C)nc(-c3cncc4[nH]ccc34)nc12. The van der Waals surface area contributed by atoms with Crippen molar-refractivity contribution in [2.24, 2.45) is 0 Å². The Labute approximate surface area is 178 Å². The highest BCUT2D eigenvalue weighted by molar-refractivity contribution is 7.20. The van der Waals surface area contributed by atoms with Crippen molar-refractivity contribution in [2.45, 2.75) is 39.3 Å². The molecule has 1 aliphatic rings. The van der Waals surface area contributed by atoms with E-state index in [1.54, 1.807) is 11.3 Å². The summed E-state index contributed by atoms with van der Waals surface area (Å²) in [5.74, 6) is 1.55. The fourth-order valence-corrected chi connectivity index (χ4v) is 5.42. The van der Waals surface area contributed by atoms with Crippen LogP contribution in [0.25, 0.3) is 32.5 Å². The molecule has 1 aliphatic heterocycles. The third kappa shape index (κ3) is 3.07. The molecule has 0 bridgehead atoms. The molecule has 1 fully saturated rings. The number of nitrogens with one attached hydrogen (secondary N) is 1. The van der Waals surface area contributed by atoms with Gasteiger partial charge in [-0.15, -0.1) is 11.3 Å². The summed E-state index contributed by atoms with van der Waals surface area (Å²) in [6.07, 6.45) is 5.54. The molecule has 8 heteroatoms. The molecule has 4 aromatic heterocycles. The fourth-order valence-electron chi connectivity index (χ4n) is 4.17. The molecular formula is C22H25N5O2S. The Balaban J connectivity index is 1.81. The highest BCUT2D eigenvalue weighted by Crippen LogP contribution is 2.42. The van der Waals surface area contributed by atoms with Crippen LogP contribution in [0.3, 0.4) is 0 Å². The number of anilines is 1. The number of aryl methyl sites for hydroxylation is 1. The number of H-pyrrole nitrogens is 1. The van der Waals surface area contributed by atoms with E-state index in [0.29, 0.717) is 19.0 Å². The molecule has 1 atom stereocenters. The number of aliphatic hydroxyl groups is 1. The lowest BCUT2D eigenvalue weighted by Gasteiger charge is -2.34. The van der Waals surface area contributed by atoms with E-state index < -0.39 is 5.60 Å². The fraction of sp³-hybridized carbons (Fsp3) is 0.409. The second-order valence-electron chi connectivity index (χ2n) is 8.41. The number of hydrogen-bond donors (Lipinski definition) is 2. The zero-order valence-corrected chi connectivity index (χ0v) is 18.4. The number of aromatic nitrogens is 4. The summed E-state index contributed by atoms with van der Waals surface area (Å²) in [7, 11) is 0. The number of rotatable bonds is 3. The Bertz CT molecular complexity index is 1240. The Morgan fingerprint density at radius 3 is 2.90 bits per heavy atom. The minimum Gasteiger partial charge on any atom is -0.385 e. The van der Waals surface area contributed by atoms with Gasteiger partial charge in [0.25, 0.3) is 0 Å². The minimum absolute atomic E-state index is 0.207. The van der Waals surface area contributed by atoms with Crippen LogP contribution in [0.15, 0.2) is 24.7 Å². The van der Waals surface area contributed by atoms with Crippen LogP contribution in [-0.4, -0.2) is 50.8 Å². The molecule has 7 nitrogen and oxygen atoms in total. The first-order valence-electron chi connectivity index (χ1n) is 10.1. The smallest absolute Gasteiger partial charge is 0.164 e. The quantitative estimate of drug-likeness (QED) is 0.518. The molecule has 156 valence electrons. The van der Waals surface area contributed by atoms with Gasteiger partial charge in [-0.25, -0.2) is 9.97 Å². The van der Waals surface area contributed by atoms with Crippen LogP contribution in [-0.2, 0) is 10.3 Å². The first-order chi connectivity index (χ1) is 14.3. The van der Waals surface area contributed by atoms with E-state index in [1.165, 1.54) is 0 Å². The standard InChI is InChI=1S/C22H25N5O2S/c1-12-11-29-8-7-27(12)21-18-17(13(2)19(30-18)22(3,4)28)25-20(26-21)15-9-23-10-16-14(15)5-6-24-16/h5-6,9-10,12,24,28H,7-8,11H2,1-4H3/t12-/m1/s1. The number of aromatic amines is 1. The van der Waals surface area contributed by atoms with Crippen molar-refractivity contribution in [1.29, 1.82) is 0 Å². The molecule has 0 aliphatic carbocycles. The first kappa shape index (κ1) is 19.4. The van der Waals surface area contributed by atoms with Gasteiger partial charge in [0.05, 0.1) is 46.8 Å². The van der Waals surface area contributed by atoms with Gasteiger partial charge in [0.15, 0.2) is 11.6 Å². The maximum absolute atomic E-state index is 10.7. The number of thiophene rings is 1. The highest BCUT2D eigenvalue weighted by Gasteiger charge is 2.29.